The van der Waals surface area contributed by atoms with Crippen LogP contribution in [0.1, 0.15) is 18.1 Å². The number of sulfonamides is 1. The molecular weight excluding hydrogens is 310 g/mol. The standard InChI is InChI=1S/C14H16ClN3O2S/c1-2-11-6-5-10(9-16)8-13(11)21(19,20)18-14-12(15)4-3-7-17-14/h3-8H,2,9,16H2,1H3,(H,17,18). The van der Waals surface area contributed by atoms with Crippen LogP contribution in [-0.2, 0) is 23.0 Å². The zero-order chi connectivity index (χ0) is 15.5. The average molecular weight is 326 g/mol. The fraction of sp³-hybridized carbons (Fsp3) is 0.214. The number of nitrogens with zero attached hydrogens (tertiary/aromatic N) is 1. The molecule has 0 saturated carbocycles. The quantitative estimate of drug-likeness (QED) is 0.884. The highest BCUT2D eigenvalue weighted by molar-refractivity contribution is 7.92. The molecule has 0 fully saturated rings. The summed E-state index contributed by atoms with van der Waals surface area (Å²) in [4.78, 5) is 4.14. The molecule has 112 valence electrons. The van der Waals surface area contributed by atoms with E-state index >= 15 is 0 Å². The van der Waals surface area contributed by atoms with E-state index in [2.05, 4.69) is 9.71 Å². The molecule has 0 atom stereocenters. The Morgan fingerprint density at radius 2 is 2.10 bits per heavy atom. The Balaban J connectivity index is 2.46. The maximum atomic E-state index is 12.6. The molecule has 5 nitrogen and oxygen atoms in total. The SMILES string of the molecule is CCc1ccc(CN)cc1S(=O)(=O)Nc1ncccc1Cl. The molecule has 0 saturated heterocycles. The first-order valence-corrected chi connectivity index (χ1v) is 8.29. The largest absolute Gasteiger partial charge is 0.326 e. The van der Waals surface area contributed by atoms with E-state index in [0.717, 1.165) is 5.56 Å². The van der Waals surface area contributed by atoms with Gasteiger partial charge in [-0.15, -0.1) is 0 Å². The van der Waals surface area contributed by atoms with Gasteiger partial charge in [-0.05, 0) is 35.7 Å². The van der Waals surface area contributed by atoms with Crippen molar-refractivity contribution in [1.82, 2.24) is 4.98 Å². The van der Waals surface area contributed by atoms with Crippen molar-refractivity contribution in [1.29, 1.82) is 0 Å². The molecule has 1 heterocycles. The van der Waals surface area contributed by atoms with Crippen LogP contribution in [0.5, 0.6) is 0 Å². The maximum Gasteiger partial charge on any atom is 0.263 e. The van der Waals surface area contributed by atoms with Crippen LogP contribution in [-0.4, -0.2) is 13.4 Å². The number of aromatic nitrogens is 1. The van der Waals surface area contributed by atoms with E-state index in [1.165, 1.54) is 6.20 Å². The summed E-state index contributed by atoms with van der Waals surface area (Å²) >= 11 is 5.94. The number of nitrogens with two attached hydrogens (primary N) is 1. The van der Waals surface area contributed by atoms with Crippen LogP contribution in [0.25, 0.3) is 0 Å². The summed E-state index contributed by atoms with van der Waals surface area (Å²) in [7, 11) is -3.76. The Bertz CT molecular complexity index is 748. The zero-order valence-corrected chi connectivity index (χ0v) is 13.1. The number of hydrogen-bond donors (Lipinski definition) is 2. The van der Waals surface area contributed by atoms with Gasteiger partial charge >= 0.3 is 0 Å². The monoisotopic (exact) mass is 325 g/mol. The molecule has 0 radical (unpaired) electrons. The lowest BCUT2D eigenvalue weighted by atomic mass is 10.1. The minimum Gasteiger partial charge on any atom is -0.326 e. The summed E-state index contributed by atoms with van der Waals surface area (Å²) in [5.41, 5.74) is 7.05. The predicted molar refractivity (Wildman–Crippen MR) is 83.8 cm³/mol. The van der Waals surface area contributed by atoms with Crippen LogP contribution in [0.2, 0.25) is 5.02 Å². The Kier molecular flexibility index (Phi) is 4.82. The summed E-state index contributed by atoms with van der Waals surface area (Å²) < 4.78 is 27.5. The molecule has 0 amide bonds. The molecule has 1 aromatic heterocycles. The van der Waals surface area contributed by atoms with Gasteiger partial charge in [0.1, 0.15) is 0 Å². The van der Waals surface area contributed by atoms with E-state index in [-0.39, 0.29) is 22.3 Å². The number of hydrogen-bond acceptors (Lipinski definition) is 4. The molecule has 0 bridgehead atoms. The van der Waals surface area contributed by atoms with Crippen LogP contribution in [0, 0.1) is 0 Å². The first-order valence-electron chi connectivity index (χ1n) is 6.43. The molecule has 0 aliphatic heterocycles. The summed E-state index contributed by atoms with van der Waals surface area (Å²) in [5, 5.41) is 0.245. The van der Waals surface area contributed by atoms with Gasteiger partial charge in [-0.25, -0.2) is 13.4 Å². The van der Waals surface area contributed by atoms with Crippen molar-refractivity contribution in [3.05, 3.63) is 52.7 Å². The summed E-state index contributed by atoms with van der Waals surface area (Å²) in [6.45, 7) is 2.17. The lowest BCUT2D eigenvalue weighted by Gasteiger charge is -2.13. The van der Waals surface area contributed by atoms with E-state index in [4.69, 9.17) is 17.3 Å². The number of anilines is 1. The lowest BCUT2D eigenvalue weighted by molar-refractivity contribution is 0.600. The third-order valence-corrected chi connectivity index (χ3v) is 4.75. The van der Waals surface area contributed by atoms with Crippen molar-refractivity contribution in [2.75, 3.05) is 4.72 Å². The molecule has 0 spiro atoms. The molecule has 2 rings (SSSR count). The fourth-order valence-corrected chi connectivity index (χ4v) is 3.53. The highest BCUT2D eigenvalue weighted by Gasteiger charge is 2.20. The fourth-order valence-electron chi connectivity index (χ4n) is 1.91. The van der Waals surface area contributed by atoms with E-state index in [1.807, 2.05) is 13.0 Å². The number of benzene rings is 1. The highest BCUT2D eigenvalue weighted by Crippen LogP contribution is 2.24. The first kappa shape index (κ1) is 15.8. The van der Waals surface area contributed by atoms with E-state index in [9.17, 15) is 8.42 Å². The normalized spacial score (nSPS) is 11.4. The van der Waals surface area contributed by atoms with Gasteiger partial charge in [-0.2, -0.15) is 0 Å². The Morgan fingerprint density at radius 1 is 1.33 bits per heavy atom. The van der Waals surface area contributed by atoms with Crippen LogP contribution in [0.4, 0.5) is 5.82 Å². The molecule has 7 heteroatoms. The molecule has 21 heavy (non-hydrogen) atoms. The smallest absolute Gasteiger partial charge is 0.263 e. The van der Waals surface area contributed by atoms with E-state index in [0.29, 0.717) is 12.0 Å². The molecule has 0 aliphatic rings. The number of rotatable bonds is 5. The van der Waals surface area contributed by atoms with Gasteiger partial charge < -0.3 is 5.73 Å². The van der Waals surface area contributed by atoms with Crippen molar-refractivity contribution in [2.24, 2.45) is 5.73 Å². The molecule has 0 unspecified atom stereocenters. The van der Waals surface area contributed by atoms with Gasteiger partial charge in [0.05, 0.1) is 9.92 Å². The van der Waals surface area contributed by atoms with Crippen molar-refractivity contribution < 1.29 is 8.42 Å². The second-order valence-corrected chi connectivity index (χ2v) is 6.50. The van der Waals surface area contributed by atoms with Gasteiger partial charge in [-0.1, -0.05) is 30.7 Å². The van der Waals surface area contributed by atoms with Gasteiger partial charge in [-0.3, -0.25) is 4.72 Å². The van der Waals surface area contributed by atoms with Gasteiger partial charge in [0.15, 0.2) is 5.82 Å². The lowest BCUT2D eigenvalue weighted by Crippen LogP contribution is -2.16. The molecule has 2 aromatic rings. The van der Waals surface area contributed by atoms with Crippen molar-refractivity contribution in [3.63, 3.8) is 0 Å². The topological polar surface area (TPSA) is 85.1 Å². The van der Waals surface area contributed by atoms with E-state index < -0.39 is 10.0 Å². The first-order chi connectivity index (χ1) is 9.97. The van der Waals surface area contributed by atoms with Gasteiger partial charge in [0, 0.05) is 12.7 Å². The molecule has 3 N–H and O–H groups in total. The van der Waals surface area contributed by atoms with Crippen LogP contribution < -0.4 is 10.5 Å². The number of pyridine rings is 1. The predicted octanol–water partition coefficient (Wildman–Crippen LogP) is 2.56. The van der Waals surface area contributed by atoms with Crippen LogP contribution >= 0.6 is 11.6 Å². The highest BCUT2D eigenvalue weighted by atomic mass is 35.5. The van der Waals surface area contributed by atoms with Crippen molar-refractivity contribution in [2.45, 2.75) is 24.8 Å². The Hall–Kier alpha value is -1.63. The van der Waals surface area contributed by atoms with Crippen LogP contribution in [0.3, 0.4) is 0 Å². The minimum atomic E-state index is -3.76. The molecular formula is C14H16ClN3O2S. The average Bonchev–Trinajstić information content (AvgIpc) is 2.48. The Morgan fingerprint density at radius 3 is 2.71 bits per heavy atom. The van der Waals surface area contributed by atoms with Gasteiger partial charge in [0.2, 0.25) is 0 Å². The Labute approximate surface area is 129 Å². The minimum absolute atomic E-state index is 0.111. The number of nitrogens with one attached hydrogen (secondary N) is 1. The van der Waals surface area contributed by atoms with Gasteiger partial charge in [0.25, 0.3) is 10.0 Å². The summed E-state index contributed by atoms with van der Waals surface area (Å²) in [5.74, 6) is 0.111. The third-order valence-electron chi connectivity index (χ3n) is 3.03. The summed E-state index contributed by atoms with van der Waals surface area (Å²) in [6, 6.07) is 8.39. The van der Waals surface area contributed by atoms with Crippen molar-refractivity contribution in [3.8, 4) is 0 Å². The van der Waals surface area contributed by atoms with Crippen LogP contribution in [0.15, 0.2) is 41.4 Å². The second-order valence-electron chi connectivity index (χ2n) is 4.44. The third kappa shape index (κ3) is 3.53. The molecule has 1 aromatic carbocycles. The number of halogens is 1. The molecule has 0 aliphatic carbocycles. The zero-order valence-electron chi connectivity index (χ0n) is 11.5. The summed E-state index contributed by atoms with van der Waals surface area (Å²) in [6.07, 6.45) is 2.07. The number of aryl methyl sites for hydroxylation is 1. The maximum absolute atomic E-state index is 12.6. The second kappa shape index (κ2) is 6.43. The van der Waals surface area contributed by atoms with Crippen molar-refractivity contribution >= 4 is 27.4 Å². The van der Waals surface area contributed by atoms with E-state index in [1.54, 1.807) is 24.3 Å².